The van der Waals surface area contributed by atoms with E-state index in [-0.39, 0.29) is 13.0 Å². The van der Waals surface area contributed by atoms with Gasteiger partial charge in [0.2, 0.25) is 0 Å². The maximum absolute atomic E-state index is 11.6. The summed E-state index contributed by atoms with van der Waals surface area (Å²) in [4.78, 5) is 10.2. The highest BCUT2D eigenvalue weighted by Crippen LogP contribution is 2.29. The van der Waals surface area contributed by atoms with E-state index in [9.17, 15) is 13.2 Å². The zero-order valence-corrected chi connectivity index (χ0v) is 10.2. The van der Waals surface area contributed by atoms with E-state index in [1.165, 1.54) is 11.4 Å². The van der Waals surface area contributed by atoms with Crippen molar-refractivity contribution in [2.45, 2.75) is 25.7 Å². The summed E-state index contributed by atoms with van der Waals surface area (Å²) in [6.07, 6.45) is 2.48. The molecular formula is C9H18N2O4S. The Morgan fingerprint density at radius 1 is 1.50 bits per heavy atom. The average molecular weight is 250 g/mol. The Balaban J connectivity index is 2.24. The molecule has 0 radical (unpaired) electrons. The standard InChI is InChI=1S/C9H18N2O4S/c1-11(7-8-4-5-8)16(14,15)10-6-2-3-9(12)13/h8,10H,2-7H2,1H3,(H,12,13). The van der Waals surface area contributed by atoms with E-state index in [0.717, 1.165) is 12.8 Å². The molecule has 0 saturated heterocycles. The molecule has 2 N–H and O–H groups in total. The lowest BCUT2D eigenvalue weighted by Gasteiger charge is -2.17. The van der Waals surface area contributed by atoms with Gasteiger partial charge >= 0.3 is 5.97 Å². The third kappa shape index (κ3) is 4.91. The van der Waals surface area contributed by atoms with E-state index in [4.69, 9.17) is 5.11 Å². The fraction of sp³-hybridized carbons (Fsp3) is 0.889. The highest BCUT2D eigenvalue weighted by molar-refractivity contribution is 7.87. The molecule has 1 aliphatic carbocycles. The highest BCUT2D eigenvalue weighted by atomic mass is 32.2. The Labute approximate surface area is 95.8 Å². The summed E-state index contributed by atoms with van der Waals surface area (Å²) in [5, 5.41) is 8.39. The molecule has 0 unspecified atom stereocenters. The van der Waals surface area contributed by atoms with Crippen LogP contribution in [-0.4, -0.2) is 43.9 Å². The van der Waals surface area contributed by atoms with Crippen molar-refractivity contribution in [3.05, 3.63) is 0 Å². The normalized spacial score (nSPS) is 16.6. The minimum atomic E-state index is -3.42. The van der Waals surface area contributed by atoms with Crippen molar-refractivity contribution in [1.82, 2.24) is 9.03 Å². The number of rotatable bonds is 8. The molecule has 0 bridgehead atoms. The molecule has 7 heteroatoms. The maximum Gasteiger partial charge on any atom is 0.303 e. The van der Waals surface area contributed by atoms with Crippen molar-refractivity contribution in [3.63, 3.8) is 0 Å². The van der Waals surface area contributed by atoms with Gasteiger partial charge in [0.1, 0.15) is 0 Å². The summed E-state index contributed by atoms with van der Waals surface area (Å²) >= 11 is 0. The minimum Gasteiger partial charge on any atom is -0.481 e. The summed E-state index contributed by atoms with van der Waals surface area (Å²) in [7, 11) is -1.88. The quantitative estimate of drug-likeness (QED) is 0.595. The number of carbonyl (C=O) groups is 1. The van der Waals surface area contributed by atoms with Crippen molar-refractivity contribution in [2.75, 3.05) is 20.1 Å². The van der Waals surface area contributed by atoms with Gasteiger partial charge in [0, 0.05) is 26.6 Å². The molecule has 0 aromatic heterocycles. The predicted molar refractivity (Wildman–Crippen MR) is 59.1 cm³/mol. The molecular weight excluding hydrogens is 232 g/mol. The number of carboxylic acids is 1. The Hall–Kier alpha value is -0.660. The molecule has 0 heterocycles. The largest absolute Gasteiger partial charge is 0.481 e. The van der Waals surface area contributed by atoms with Crippen molar-refractivity contribution in [1.29, 1.82) is 0 Å². The van der Waals surface area contributed by atoms with Gasteiger partial charge in [-0.15, -0.1) is 0 Å². The van der Waals surface area contributed by atoms with Gasteiger partial charge in [-0.25, -0.2) is 4.72 Å². The Bertz CT molecular complexity index is 337. The van der Waals surface area contributed by atoms with Crippen LogP contribution < -0.4 is 4.72 Å². The number of nitrogens with one attached hydrogen (secondary N) is 1. The Morgan fingerprint density at radius 3 is 2.62 bits per heavy atom. The lowest BCUT2D eigenvalue weighted by Crippen LogP contribution is -2.39. The topological polar surface area (TPSA) is 86.7 Å². The van der Waals surface area contributed by atoms with E-state index in [2.05, 4.69) is 4.72 Å². The summed E-state index contributed by atoms with van der Waals surface area (Å²) in [5.74, 6) is -0.411. The average Bonchev–Trinajstić information content (AvgIpc) is 2.96. The van der Waals surface area contributed by atoms with Crippen molar-refractivity contribution < 1.29 is 18.3 Å². The fourth-order valence-corrected chi connectivity index (χ4v) is 2.34. The minimum absolute atomic E-state index is 0.0190. The molecule has 0 aliphatic heterocycles. The molecule has 1 fully saturated rings. The Kier molecular flexibility index (Phi) is 4.69. The van der Waals surface area contributed by atoms with Crippen LogP contribution in [0, 0.1) is 5.92 Å². The lowest BCUT2D eigenvalue weighted by molar-refractivity contribution is -0.137. The van der Waals surface area contributed by atoms with Crippen LogP contribution >= 0.6 is 0 Å². The number of hydrogen-bond acceptors (Lipinski definition) is 3. The molecule has 1 aliphatic rings. The predicted octanol–water partition coefficient (Wildman–Crippen LogP) is 0.0274. The monoisotopic (exact) mass is 250 g/mol. The first kappa shape index (κ1) is 13.4. The molecule has 0 amide bonds. The van der Waals surface area contributed by atoms with Gasteiger partial charge in [-0.3, -0.25) is 4.79 Å². The number of carboxylic acid groups (broad SMARTS) is 1. The molecule has 16 heavy (non-hydrogen) atoms. The second-order valence-electron chi connectivity index (χ2n) is 4.12. The summed E-state index contributed by atoms with van der Waals surface area (Å²) in [6.45, 7) is 0.720. The van der Waals surface area contributed by atoms with E-state index < -0.39 is 16.2 Å². The molecule has 1 saturated carbocycles. The van der Waals surface area contributed by atoms with Crippen molar-refractivity contribution in [2.24, 2.45) is 5.92 Å². The van der Waals surface area contributed by atoms with E-state index >= 15 is 0 Å². The van der Waals surface area contributed by atoms with Gasteiger partial charge in [0.15, 0.2) is 0 Å². The van der Waals surface area contributed by atoms with Gasteiger partial charge in [0.25, 0.3) is 10.2 Å². The van der Waals surface area contributed by atoms with Crippen LogP contribution in [-0.2, 0) is 15.0 Å². The SMILES string of the molecule is CN(CC1CC1)S(=O)(=O)NCCCC(=O)O. The summed E-state index contributed by atoms with van der Waals surface area (Å²) in [5.41, 5.74) is 0. The van der Waals surface area contributed by atoms with Gasteiger partial charge in [0.05, 0.1) is 0 Å². The first-order chi connectivity index (χ1) is 7.42. The third-order valence-corrected chi connectivity index (χ3v) is 4.01. The van der Waals surface area contributed by atoms with Gasteiger partial charge < -0.3 is 5.11 Å². The molecule has 0 aromatic carbocycles. The molecule has 1 rings (SSSR count). The fourth-order valence-electron chi connectivity index (χ4n) is 1.31. The van der Waals surface area contributed by atoms with Gasteiger partial charge in [-0.1, -0.05) is 0 Å². The first-order valence-electron chi connectivity index (χ1n) is 5.34. The second kappa shape index (κ2) is 5.60. The van der Waals surface area contributed by atoms with Crippen molar-refractivity contribution in [3.8, 4) is 0 Å². The highest BCUT2D eigenvalue weighted by Gasteiger charge is 2.27. The van der Waals surface area contributed by atoms with Crippen LogP contribution in [0.4, 0.5) is 0 Å². The number of nitrogens with zero attached hydrogens (tertiary/aromatic N) is 1. The van der Waals surface area contributed by atoms with E-state index in [0.29, 0.717) is 18.9 Å². The van der Waals surface area contributed by atoms with E-state index in [1.807, 2.05) is 0 Å². The van der Waals surface area contributed by atoms with Crippen LogP contribution in [0.3, 0.4) is 0 Å². The maximum atomic E-state index is 11.6. The molecule has 0 atom stereocenters. The van der Waals surface area contributed by atoms with Crippen LogP contribution in [0.15, 0.2) is 0 Å². The zero-order valence-electron chi connectivity index (χ0n) is 9.35. The molecule has 0 aromatic rings. The lowest BCUT2D eigenvalue weighted by atomic mass is 10.3. The van der Waals surface area contributed by atoms with Gasteiger partial charge in [-0.2, -0.15) is 12.7 Å². The van der Waals surface area contributed by atoms with E-state index in [1.54, 1.807) is 0 Å². The van der Waals surface area contributed by atoms with Gasteiger partial charge in [-0.05, 0) is 25.2 Å². The zero-order chi connectivity index (χ0) is 12.2. The van der Waals surface area contributed by atoms with Crippen LogP contribution in [0.1, 0.15) is 25.7 Å². The molecule has 6 nitrogen and oxygen atoms in total. The Morgan fingerprint density at radius 2 is 2.12 bits per heavy atom. The second-order valence-corrected chi connectivity index (χ2v) is 5.98. The van der Waals surface area contributed by atoms with Crippen LogP contribution in [0.25, 0.3) is 0 Å². The third-order valence-electron chi connectivity index (χ3n) is 2.47. The van der Waals surface area contributed by atoms with Crippen molar-refractivity contribution >= 4 is 16.2 Å². The summed E-state index contributed by atoms with van der Waals surface area (Å²) in [6, 6.07) is 0. The molecule has 94 valence electrons. The van der Waals surface area contributed by atoms with Crippen LogP contribution in [0.2, 0.25) is 0 Å². The molecule has 0 spiro atoms. The number of aliphatic carboxylic acids is 1. The van der Waals surface area contributed by atoms with Crippen LogP contribution in [0.5, 0.6) is 0 Å². The smallest absolute Gasteiger partial charge is 0.303 e. The summed E-state index contributed by atoms with van der Waals surface area (Å²) < 4.78 is 26.9. The number of hydrogen-bond donors (Lipinski definition) is 2. The first-order valence-corrected chi connectivity index (χ1v) is 6.78.